The number of hydrogen-bond acceptors (Lipinski definition) is 4. The molecular formula is C21H26FN7O. The van der Waals surface area contributed by atoms with Crippen LogP contribution in [-0.2, 0) is 26.1 Å². The number of rotatable bonds is 5. The van der Waals surface area contributed by atoms with Crippen molar-refractivity contribution >= 4 is 6.03 Å². The predicted octanol–water partition coefficient (Wildman–Crippen LogP) is 2.84. The molecular weight excluding hydrogens is 385 g/mol. The maximum Gasteiger partial charge on any atom is 0.318 e. The molecule has 0 spiro atoms. The summed E-state index contributed by atoms with van der Waals surface area (Å²) in [6.45, 7) is 8.07. The van der Waals surface area contributed by atoms with Crippen LogP contribution in [0.15, 0.2) is 30.6 Å². The summed E-state index contributed by atoms with van der Waals surface area (Å²) in [6.07, 6.45) is 4.23. The minimum atomic E-state index is -0.355. The van der Waals surface area contributed by atoms with E-state index in [2.05, 4.69) is 38.9 Å². The summed E-state index contributed by atoms with van der Waals surface area (Å²) >= 11 is 0. The molecule has 1 aromatic carbocycles. The zero-order valence-electron chi connectivity index (χ0n) is 17.5. The molecule has 0 saturated carbocycles. The Morgan fingerprint density at radius 2 is 2.10 bits per heavy atom. The van der Waals surface area contributed by atoms with Crippen molar-refractivity contribution in [3.63, 3.8) is 0 Å². The number of carbonyl (C=O) groups excluding carboxylic acids is 1. The highest BCUT2D eigenvalue weighted by Gasteiger charge is 2.24. The largest absolute Gasteiger partial charge is 0.334 e. The lowest BCUT2D eigenvalue weighted by Crippen LogP contribution is -2.44. The molecule has 0 unspecified atom stereocenters. The Bertz CT molecular complexity index is 1060. The standard InChI is InChI=1S/C21H26FN7O/c1-14(2)10-19-25-26-20-13-27(8-9-29(19)20)21(30)24-12-16-4-5-18(17(22)11-16)28-7-6-23-15(28)3/h4-7,11,14H,8-10,12-13H2,1-3H3,(H,24,30). The predicted molar refractivity (Wildman–Crippen MR) is 109 cm³/mol. The van der Waals surface area contributed by atoms with Gasteiger partial charge in [0.05, 0.1) is 12.2 Å². The van der Waals surface area contributed by atoms with Gasteiger partial charge in [-0.05, 0) is 30.5 Å². The van der Waals surface area contributed by atoms with Crippen LogP contribution in [0.25, 0.3) is 5.69 Å². The molecule has 0 saturated heterocycles. The number of aromatic nitrogens is 5. The summed E-state index contributed by atoms with van der Waals surface area (Å²) in [5, 5.41) is 11.4. The van der Waals surface area contributed by atoms with Gasteiger partial charge in [-0.2, -0.15) is 0 Å². The third-order valence-electron chi connectivity index (χ3n) is 5.25. The van der Waals surface area contributed by atoms with Crippen molar-refractivity contribution in [1.29, 1.82) is 0 Å². The number of imidazole rings is 1. The molecule has 2 amide bonds. The number of urea groups is 1. The molecule has 8 nitrogen and oxygen atoms in total. The molecule has 0 atom stereocenters. The van der Waals surface area contributed by atoms with Crippen molar-refractivity contribution in [1.82, 2.24) is 34.5 Å². The highest BCUT2D eigenvalue weighted by Crippen LogP contribution is 2.18. The summed E-state index contributed by atoms with van der Waals surface area (Å²) in [5.74, 6) is 2.64. The molecule has 3 aromatic rings. The molecule has 0 bridgehead atoms. The SMILES string of the molecule is Cc1nccn1-c1ccc(CNC(=O)N2CCn3c(CC(C)C)nnc3C2)cc1F. The molecule has 9 heteroatoms. The maximum atomic E-state index is 14.5. The van der Waals surface area contributed by atoms with Crippen molar-refractivity contribution < 1.29 is 9.18 Å². The Hall–Kier alpha value is -3.23. The quantitative estimate of drug-likeness (QED) is 0.700. The van der Waals surface area contributed by atoms with Gasteiger partial charge < -0.3 is 19.4 Å². The van der Waals surface area contributed by atoms with E-state index in [9.17, 15) is 9.18 Å². The third-order valence-corrected chi connectivity index (χ3v) is 5.25. The first-order chi connectivity index (χ1) is 14.4. The molecule has 1 aliphatic heterocycles. The minimum absolute atomic E-state index is 0.190. The van der Waals surface area contributed by atoms with E-state index >= 15 is 0 Å². The van der Waals surface area contributed by atoms with Crippen LogP contribution < -0.4 is 5.32 Å². The van der Waals surface area contributed by atoms with Gasteiger partial charge in [-0.1, -0.05) is 19.9 Å². The Kier molecular flexibility index (Phi) is 5.52. The summed E-state index contributed by atoms with van der Waals surface area (Å²) < 4.78 is 18.3. The number of hydrogen-bond donors (Lipinski definition) is 1. The lowest BCUT2D eigenvalue weighted by atomic mass is 10.1. The van der Waals surface area contributed by atoms with Gasteiger partial charge in [-0.25, -0.2) is 14.2 Å². The van der Waals surface area contributed by atoms with Gasteiger partial charge in [-0.3, -0.25) is 0 Å². The molecule has 158 valence electrons. The van der Waals surface area contributed by atoms with Crippen LogP contribution in [0.2, 0.25) is 0 Å². The van der Waals surface area contributed by atoms with E-state index in [1.807, 2.05) is 13.0 Å². The number of nitrogens with zero attached hydrogens (tertiary/aromatic N) is 6. The molecule has 0 aliphatic carbocycles. The van der Waals surface area contributed by atoms with Crippen molar-refractivity contribution in [3.8, 4) is 5.69 Å². The Morgan fingerprint density at radius 1 is 1.27 bits per heavy atom. The number of aryl methyl sites for hydroxylation is 1. The molecule has 30 heavy (non-hydrogen) atoms. The van der Waals surface area contributed by atoms with Gasteiger partial charge in [0.1, 0.15) is 17.5 Å². The van der Waals surface area contributed by atoms with Gasteiger partial charge in [0.25, 0.3) is 0 Å². The fourth-order valence-electron chi connectivity index (χ4n) is 3.69. The topological polar surface area (TPSA) is 80.9 Å². The lowest BCUT2D eigenvalue weighted by molar-refractivity contribution is 0.181. The molecule has 3 heterocycles. The first kappa shape index (κ1) is 20.1. The summed E-state index contributed by atoms with van der Waals surface area (Å²) in [5.41, 5.74) is 1.13. The van der Waals surface area contributed by atoms with Crippen LogP contribution in [0.1, 0.15) is 36.9 Å². The number of carbonyl (C=O) groups is 1. The second-order valence-electron chi connectivity index (χ2n) is 7.99. The van der Waals surface area contributed by atoms with Crippen molar-refractivity contribution in [3.05, 3.63) is 59.4 Å². The van der Waals surface area contributed by atoms with E-state index in [0.717, 1.165) is 18.1 Å². The molecule has 0 fully saturated rings. The highest BCUT2D eigenvalue weighted by molar-refractivity contribution is 5.74. The molecule has 4 rings (SSSR count). The van der Waals surface area contributed by atoms with Crippen molar-refractivity contribution in [2.75, 3.05) is 6.54 Å². The fraction of sp³-hybridized carbons (Fsp3) is 0.429. The number of fused-ring (bicyclic) bond motifs is 1. The normalized spacial score (nSPS) is 13.6. The Labute approximate surface area is 174 Å². The van der Waals surface area contributed by atoms with Gasteiger partial charge in [0, 0.05) is 38.4 Å². The molecule has 1 N–H and O–H groups in total. The lowest BCUT2D eigenvalue weighted by Gasteiger charge is -2.28. The number of halogens is 1. The average Bonchev–Trinajstić information content (AvgIpc) is 3.31. The molecule has 2 aromatic heterocycles. The van der Waals surface area contributed by atoms with E-state index in [-0.39, 0.29) is 18.4 Å². The maximum absolute atomic E-state index is 14.5. The van der Waals surface area contributed by atoms with E-state index in [4.69, 9.17) is 0 Å². The zero-order chi connectivity index (χ0) is 21.3. The second-order valence-corrected chi connectivity index (χ2v) is 7.99. The van der Waals surface area contributed by atoms with E-state index in [1.54, 1.807) is 27.9 Å². The van der Waals surface area contributed by atoms with E-state index in [0.29, 0.717) is 42.6 Å². The highest BCUT2D eigenvalue weighted by atomic mass is 19.1. The Balaban J connectivity index is 1.37. The van der Waals surface area contributed by atoms with Crippen LogP contribution >= 0.6 is 0 Å². The Morgan fingerprint density at radius 3 is 2.80 bits per heavy atom. The fourth-order valence-corrected chi connectivity index (χ4v) is 3.69. The van der Waals surface area contributed by atoms with Crippen LogP contribution in [0, 0.1) is 18.7 Å². The van der Waals surface area contributed by atoms with E-state index < -0.39 is 0 Å². The number of benzene rings is 1. The summed E-state index contributed by atoms with van der Waals surface area (Å²) in [7, 11) is 0. The first-order valence-electron chi connectivity index (χ1n) is 10.1. The summed E-state index contributed by atoms with van der Waals surface area (Å²) in [4.78, 5) is 18.4. The van der Waals surface area contributed by atoms with Crippen molar-refractivity contribution in [2.45, 2.75) is 46.8 Å². The van der Waals surface area contributed by atoms with Gasteiger partial charge in [0.2, 0.25) is 0 Å². The van der Waals surface area contributed by atoms with Crippen molar-refractivity contribution in [2.24, 2.45) is 5.92 Å². The van der Waals surface area contributed by atoms with Crippen LogP contribution in [-0.4, -0.2) is 41.8 Å². The average molecular weight is 411 g/mol. The summed E-state index contributed by atoms with van der Waals surface area (Å²) in [6, 6.07) is 4.76. The zero-order valence-corrected chi connectivity index (χ0v) is 17.5. The molecule has 0 radical (unpaired) electrons. The van der Waals surface area contributed by atoms with Gasteiger partial charge >= 0.3 is 6.03 Å². The molecule has 1 aliphatic rings. The second kappa shape index (κ2) is 8.25. The van der Waals surface area contributed by atoms with Gasteiger partial charge in [0.15, 0.2) is 5.82 Å². The van der Waals surface area contributed by atoms with Crippen LogP contribution in [0.3, 0.4) is 0 Å². The smallest absolute Gasteiger partial charge is 0.318 e. The van der Waals surface area contributed by atoms with Crippen LogP contribution in [0.5, 0.6) is 0 Å². The van der Waals surface area contributed by atoms with Crippen LogP contribution in [0.4, 0.5) is 9.18 Å². The third kappa shape index (κ3) is 4.05. The minimum Gasteiger partial charge on any atom is -0.334 e. The van der Waals surface area contributed by atoms with Gasteiger partial charge in [-0.15, -0.1) is 10.2 Å². The first-order valence-corrected chi connectivity index (χ1v) is 10.1. The number of nitrogens with one attached hydrogen (secondary N) is 1. The number of amides is 2. The monoisotopic (exact) mass is 411 g/mol. The van der Waals surface area contributed by atoms with E-state index in [1.165, 1.54) is 6.07 Å².